The Kier molecular flexibility index (Phi) is 5.44. The second-order valence-corrected chi connectivity index (χ2v) is 5.22. The van der Waals surface area contributed by atoms with Crippen molar-refractivity contribution in [3.05, 3.63) is 47.4 Å². The molecule has 1 N–H and O–H groups in total. The Morgan fingerprint density at radius 2 is 2.14 bits per heavy atom. The van der Waals surface area contributed by atoms with Gasteiger partial charge < -0.3 is 9.84 Å². The van der Waals surface area contributed by atoms with E-state index in [1.165, 1.54) is 12.1 Å². The van der Waals surface area contributed by atoms with Crippen molar-refractivity contribution in [1.29, 1.82) is 0 Å². The minimum Gasteiger partial charge on any atom is -0.339 e. The highest BCUT2D eigenvalue weighted by molar-refractivity contribution is 5.19. The summed E-state index contributed by atoms with van der Waals surface area (Å²) in [7, 11) is 0. The maximum Gasteiger partial charge on any atom is 0.231 e. The van der Waals surface area contributed by atoms with E-state index in [2.05, 4.69) is 36.2 Å². The van der Waals surface area contributed by atoms with Crippen LogP contribution >= 0.6 is 0 Å². The molecule has 114 valence electrons. The van der Waals surface area contributed by atoms with Gasteiger partial charge in [-0.05, 0) is 37.6 Å². The summed E-state index contributed by atoms with van der Waals surface area (Å²) in [5.74, 6) is 1.19. The van der Waals surface area contributed by atoms with E-state index >= 15 is 0 Å². The molecule has 0 spiro atoms. The first-order chi connectivity index (χ1) is 10.1. The predicted octanol–water partition coefficient (Wildman–Crippen LogP) is 3.29. The number of hydrogen-bond acceptors (Lipinski definition) is 4. The third kappa shape index (κ3) is 4.11. The van der Waals surface area contributed by atoms with Crippen LogP contribution in [0.1, 0.15) is 50.4 Å². The van der Waals surface area contributed by atoms with Crippen molar-refractivity contribution < 1.29 is 8.91 Å². The molecule has 2 aromatic rings. The summed E-state index contributed by atoms with van der Waals surface area (Å²) in [5, 5.41) is 7.40. The van der Waals surface area contributed by atoms with Crippen molar-refractivity contribution in [2.75, 3.05) is 6.54 Å². The first kappa shape index (κ1) is 15.6. The van der Waals surface area contributed by atoms with Crippen LogP contribution in [0.3, 0.4) is 0 Å². The molecular weight excluding hydrogens is 269 g/mol. The summed E-state index contributed by atoms with van der Waals surface area (Å²) in [6.45, 7) is 7.21. The highest BCUT2D eigenvalue weighted by Crippen LogP contribution is 2.22. The number of likely N-dealkylation sites (N-methyl/N-ethyl adjacent to an activating group) is 1. The zero-order valence-electron chi connectivity index (χ0n) is 12.8. The minimum absolute atomic E-state index is 0.193. The summed E-state index contributed by atoms with van der Waals surface area (Å²) in [6, 6.07) is 6.75. The fraction of sp³-hybridized carbons (Fsp3) is 0.500. The maximum atomic E-state index is 13.2. The zero-order valence-corrected chi connectivity index (χ0v) is 12.8. The van der Waals surface area contributed by atoms with E-state index in [0.717, 1.165) is 18.5 Å². The van der Waals surface area contributed by atoms with Crippen LogP contribution in [0.4, 0.5) is 4.39 Å². The van der Waals surface area contributed by atoms with E-state index < -0.39 is 0 Å². The van der Waals surface area contributed by atoms with Gasteiger partial charge in [-0.2, -0.15) is 4.98 Å². The largest absolute Gasteiger partial charge is 0.339 e. The van der Waals surface area contributed by atoms with Crippen LogP contribution in [0.2, 0.25) is 0 Å². The summed E-state index contributed by atoms with van der Waals surface area (Å²) in [5.41, 5.74) is 0.843. The van der Waals surface area contributed by atoms with Crippen LogP contribution in [0.25, 0.3) is 0 Å². The van der Waals surface area contributed by atoms with Crippen molar-refractivity contribution in [1.82, 2.24) is 15.5 Å². The van der Waals surface area contributed by atoms with Gasteiger partial charge in [0.05, 0.1) is 5.92 Å². The molecule has 2 atom stereocenters. The van der Waals surface area contributed by atoms with Crippen LogP contribution in [-0.2, 0) is 6.42 Å². The van der Waals surface area contributed by atoms with E-state index in [4.69, 9.17) is 4.52 Å². The van der Waals surface area contributed by atoms with Gasteiger partial charge >= 0.3 is 0 Å². The van der Waals surface area contributed by atoms with Gasteiger partial charge in [0.15, 0.2) is 5.82 Å². The van der Waals surface area contributed by atoms with Gasteiger partial charge in [-0.25, -0.2) is 4.39 Å². The Bertz CT molecular complexity index is 570. The molecule has 0 amide bonds. The lowest BCUT2D eigenvalue weighted by Gasteiger charge is -2.19. The number of nitrogens with zero attached hydrogens (tertiary/aromatic N) is 2. The first-order valence-corrected chi connectivity index (χ1v) is 7.44. The van der Waals surface area contributed by atoms with Crippen LogP contribution in [0.15, 0.2) is 28.8 Å². The van der Waals surface area contributed by atoms with Crippen molar-refractivity contribution in [3.63, 3.8) is 0 Å². The maximum absolute atomic E-state index is 13.2. The van der Waals surface area contributed by atoms with Gasteiger partial charge in [-0.3, -0.25) is 0 Å². The molecular formula is C16H22FN3O. The molecule has 0 saturated carbocycles. The number of benzene rings is 1. The molecule has 0 radical (unpaired) electrons. The van der Waals surface area contributed by atoms with Gasteiger partial charge in [0, 0.05) is 12.5 Å². The zero-order chi connectivity index (χ0) is 15.2. The number of nitrogens with one attached hydrogen (secondary N) is 1. The topological polar surface area (TPSA) is 51.0 Å². The molecule has 2 unspecified atom stereocenters. The van der Waals surface area contributed by atoms with E-state index in [1.54, 1.807) is 6.07 Å². The second-order valence-electron chi connectivity index (χ2n) is 5.22. The minimum atomic E-state index is -0.247. The van der Waals surface area contributed by atoms with E-state index in [1.807, 2.05) is 6.07 Å². The number of aromatic nitrogens is 2. The molecule has 0 bridgehead atoms. The summed E-state index contributed by atoms with van der Waals surface area (Å²) in [6.07, 6.45) is 1.41. The molecule has 0 aliphatic heterocycles. The van der Waals surface area contributed by atoms with Crippen molar-refractivity contribution in [2.45, 2.75) is 45.6 Å². The molecule has 5 heteroatoms. The highest BCUT2D eigenvalue weighted by atomic mass is 19.1. The van der Waals surface area contributed by atoms with Crippen molar-refractivity contribution in [2.24, 2.45) is 0 Å². The molecule has 0 aliphatic carbocycles. The fourth-order valence-electron chi connectivity index (χ4n) is 2.53. The van der Waals surface area contributed by atoms with Crippen LogP contribution in [-0.4, -0.2) is 22.7 Å². The van der Waals surface area contributed by atoms with Crippen molar-refractivity contribution >= 4 is 0 Å². The van der Waals surface area contributed by atoms with E-state index in [-0.39, 0.29) is 17.8 Å². The molecule has 0 fully saturated rings. The van der Waals surface area contributed by atoms with Gasteiger partial charge in [0.25, 0.3) is 0 Å². The standard InChI is InChI=1S/C16H22FN3O/c1-4-14(11(3)18-5-2)16-19-15(20-21-16)10-12-7-6-8-13(17)9-12/h6-9,11,14,18H,4-5,10H2,1-3H3. The Morgan fingerprint density at radius 1 is 1.33 bits per heavy atom. The number of halogens is 1. The summed E-state index contributed by atoms with van der Waals surface area (Å²) in [4.78, 5) is 4.47. The van der Waals surface area contributed by atoms with Gasteiger partial charge in [-0.15, -0.1) is 0 Å². The number of rotatable bonds is 7. The van der Waals surface area contributed by atoms with E-state index in [0.29, 0.717) is 18.1 Å². The number of hydrogen-bond donors (Lipinski definition) is 1. The molecule has 1 aromatic carbocycles. The molecule has 2 rings (SSSR count). The Labute approximate surface area is 124 Å². The smallest absolute Gasteiger partial charge is 0.231 e. The SMILES string of the molecule is CCNC(C)C(CC)c1nc(Cc2cccc(F)c2)no1. The second kappa shape index (κ2) is 7.31. The molecule has 0 saturated heterocycles. The van der Waals surface area contributed by atoms with Gasteiger partial charge in [0.1, 0.15) is 5.82 Å². The molecule has 0 aliphatic rings. The quantitative estimate of drug-likeness (QED) is 0.850. The molecule has 4 nitrogen and oxygen atoms in total. The average Bonchev–Trinajstić information content (AvgIpc) is 2.88. The summed E-state index contributed by atoms with van der Waals surface area (Å²) >= 11 is 0. The Morgan fingerprint density at radius 3 is 2.81 bits per heavy atom. The highest BCUT2D eigenvalue weighted by Gasteiger charge is 2.23. The van der Waals surface area contributed by atoms with Crippen LogP contribution < -0.4 is 5.32 Å². The van der Waals surface area contributed by atoms with E-state index in [9.17, 15) is 4.39 Å². The summed E-state index contributed by atoms with van der Waals surface area (Å²) < 4.78 is 18.6. The Hall–Kier alpha value is -1.75. The first-order valence-electron chi connectivity index (χ1n) is 7.44. The lowest BCUT2D eigenvalue weighted by molar-refractivity contribution is 0.316. The van der Waals surface area contributed by atoms with Crippen molar-refractivity contribution in [3.8, 4) is 0 Å². The van der Waals surface area contributed by atoms with Gasteiger partial charge in [-0.1, -0.05) is 31.1 Å². The molecule has 21 heavy (non-hydrogen) atoms. The molecule has 1 aromatic heterocycles. The Balaban J connectivity index is 2.09. The normalized spacial score (nSPS) is 14.1. The monoisotopic (exact) mass is 291 g/mol. The predicted molar refractivity (Wildman–Crippen MR) is 79.7 cm³/mol. The lowest BCUT2D eigenvalue weighted by Crippen LogP contribution is -2.31. The third-order valence-electron chi connectivity index (χ3n) is 3.62. The van der Waals surface area contributed by atoms with Crippen LogP contribution in [0.5, 0.6) is 0 Å². The molecule has 1 heterocycles. The van der Waals surface area contributed by atoms with Gasteiger partial charge in [0.2, 0.25) is 5.89 Å². The third-order valence-corrected chi connectivity index (χ3v) is 3.62. The average molecular weight is 291 g/mol. The lowest BCUT2D eigenvalue weighted by atomic mass is 9.98. The fourth-order valence-corrected chi connectivity index (χ4v) is 2.53. The van der Waals surface area contributed by atoms with Crippen LogP contribution in [0, 0.1) is 5.82 Å².